The van der Waals surface area contributed by atoms with Crippen LogP contribution in [0.15, 0.2) is 50.2 Å². The molecule has 0 saturated heterocycles. The van der Waals surface area contributed by atoms with E-state index in [1.165, 1.54) is 30.3 Å². The van der Waals surface area contributed by atoms with Gasteiger partial charge >= 0.3 is 17.4 Å². The standard InChI is InChI=1S/C16H6Br2F7NOS/c17-9-5-11(18)13(10-4-2-1-3-8(10)7-26)12(6-9)28(27)16(24,25)14(19,20)15(21,22)23/h1-6H. The number of nitriles is 1. The first-order valence-corrected chi connectivity index (χ1v) is 9.72. The van der Waals surface area contributed by atoms with Crippen LogP contribution in [0.3, 0.4) is 0 Å². The zero-order chi connectivity index (χ0) is 21.5. The first-order chi connectivity index (χ1) is 12.8. The van der Waals surface area contributed by atoms with Crippen molar-refractivity contribution in [3.63, 3.8) is 0 Å². The number of alkyl halides is 7. The summed E-state index contributed by atoms with van der Waals surface area (Å²) in [6.45, 7) is 0. The Bertz CT molecular complexity index is 986. The molecule has 28 heavy (non-hydrogen) atoms. The molecule has 0 heterocycles. The summed E-state index contributed by atoms with van der Waals surface area (Å²) >= 11 is 5.89. The van der Waals surface area contributed by atoms with Crippen molar-refractivity contribution in [3.05, 3.63) is 50.9 Å². The van der Waals surface area contributed by atoms with Crippen LogP contribution in [-0.4, -0.2) is 21.6 Å². The van der Waals surface area contributed by atoms with Crippen molar-refractivity contribution < 1.29 is 34.9 Å². The number of benzene rings is 2. The minimum atomic E-state index is -6.62. The summed E-state index contributed by atoms with van der Waals surface area (Å²) in [4.78, 5) is -1.00. The van der Waals surface area contributed by atoms with E-state index in [2.05, 4.69) is 31.9 Å². The highest BCUT2D eigenvalue weighted by Gasteiger charge is 2.76. The van der Waals surface area contributed by atoms with Crippen molar-refractivity contribution in [1.82, 2.24) is 0 Å². The monoisotopic (exact) mass is 551 g/mol. The summed E-state index contributed by atoms with van der Waals surface area (Å²) in [5, 5.41) is 3.21. The molecule has 0 saturated carbocycles. The van der Waals surface area contributed by atoms with Crippen molar-refractivity contribution in [1.29, 1.82) is 5.26 Å². The fraction of sp³-hybridized carbons (Fsp3) is 0.188. The molecule has 2 nitrogen and oxygen atoms in total. The molecule has 12 heteroatoms. The highest BCUT2D eigenvalue weighted by atomic mass is 79.9. The van der Waals surface area contributed by atoms with Gasteiger partial charge in [-0.15, -0.1) is 0 Å². The molecule has 2 rings (SSSR count). The molecule has 0 fully saturated rings. The maximum atomic E-state index is 14.1. The first kappa shape index (κ1) is 22.8. The van der Waals surface area contributed by atoms with Crippen LogP contribution >= 0.6 is 31.9 Å². The van der Waals surface area contributed by atoms with E-state index in [4.69, 9.17) is 0 Å². The van der Waals surface area contributed by atoms with Gasteiger partial charge in [0.25, 0.3) is 0 Å². The van der Waals surface area contributed by atoms with Gasteiger partial charge < -0.3 is 0 Å². The van der Waals surface area contributed by atoms with E-state index < -0.39 is 33.0 Å². The Morgan fingerprint density at radius 3 is 2.07 bits per heavy atom. The molecular formula is C16H6Br2F7NOS. The number of hydrogen-bond acceptors (Lipinski definition) is 2. The third-order valence-corrected chi connectivity index (χ3v) is 6.02. The van der Waals surface area contributed by atoms with Crippen molar-refractivity contribution in [3.8, 4) is 17.2 Å². The lowest BCUT2D eigenvalue weighted by atomic mass is 10.0. The molecule has 150 valence electrons. The normalized spacial score (nSPS) is 13.9. The quantitative estimate of drug-likeness (QED) is 0.399. The summed E-state index contributed by atoms with van der Waals surface area (Å²) in [6.07, 6.45) is -6.62. The largest absolute Gasteiger partial charge is 0.461 e. The molecule has 2 aromatic rings. The molecule has 0 spiro atoms. The van der Waals surface area contributed by atoms with E-state index in [0.717, 1.165) is 6.07 Å². The molecule has 0 aliphatic carbocycles. The highest BCUT2D eigenvalue weighted by Crippen LogP contribution is 2.51. The number of nitrogens with zero attached hydrogens (tertiary/aromatic N) is 1. The topological polar surface area (TPSA) is 40.9 Å². The van der Waals surface area contributed by atoms with Gasteiger partial charge in [-0.25, -0.2) is 4.21 Å². The Labute approximate surface area is 173 Å². The zero-order valence-corrected chi connectivity index (χ0v) is 17.1. The molecule has 1 unspecified atom stereocenters. The van der Waals surface area contributed by atoms with Gasteiger partial charge in [0.1, 0.15) is 10.8 Å². The molecule has 1 atom stereocenters. The molecule has 0 aromatic heterocycles. The van der Waals surface area contributed by atoms with Gasteiger partial charge in [0.15, 0.2) is 0 Å². The Kier molecular flexibility index (Phi) is 6.33. The number of halogens is 9. The van der Waals surface area contributed by atoms with Gasteiger partial charge in [-0.05, 0) is 18.2 Å². The summed E-state index contributed by atoms with van der Waals surface area (Å²) in [5.74, 6) is -6.55. The van der Waals surface area contributed by atoms with E-state index >= 15 is 0 Å². The second kappa shape index (κ2) is 7.76. The Hall–Kier alpha value is -1.45. The summed E-state index contributed by atoms with van der Waals surface area (Å²) < 4.78 is 105. The Morgan fingerprint density at radius 2 is 1.54 bits per heavy atom. The lowest BCUT2D eigenvalue weighted by Crippen LogP contribution is -2.54. The average molecular weight is 553 g/mol. The Morgan fingerprint density at radius 1 is 0.964 bits per heavy atom. The molecule has 2 aromatic carbocycles. The minimum absolute atomic E-state index is 0.00737. The van der Waals surface area contributed by atoms with Crippen molar-refractivity contribution in [2.45, 2.75) is 22.2 Å². The number of rotatable bonds is 4. The first-order valence-electron chi connectivity index (χ1n) is 6.98. The van der Waals surface area contributed by atoms with Crippen LogP contribution in [0.1, 0.15) is 5.56 Å². The zero-order valence-electron chi connectivity index (χ0n) is 13.1. The summed E-state index contributed by atoms with van der Waals surface area (Å²) in [6, 6.07) is 9.12. The van der Waals surface area contributed by atoms with Crippen LogP contribution in [0.5, 0.6) is 0 Å². The SMILES string of the molecule is N#Cc1ccccc1-c1c(Br)cc(Br)cc1S(=O)C(F)(F)C(F)(F)C(F)(F)F. The van der Waals surface area contributed by atoms with Crippen LogP contribution in [0, 0.1) is 11.3 Å². The van der Waals surface area contributed by atoms with Crippen LogP contribution in [0.4, 0.5) is 30.7 Å². The Balaban J connectivity index is 2.80. The van der Waals surface area contributed by atoms with Gasteiger partial charge in [-0.1, -0.05) is 50.1 Å². The molecule has 0 aliphatic rings. The van der Waals surface area contributed by atoms with Gasteiger partial charge in [0, 0.05) is 20.1 Å². The molecule has 0 amide bonds. The lowest BCUT2D eigenvalue weighted by Gasteiger charge is -2.28. The van der Waals surface area contributed by atoms with Crippen LogP contribution < -0.4 is 0 Å². The van der Waals surface area contributed by atoms with Gasteiger partial charge in [-0.2, -0.15) is 36.0 Å². The summed E-state index contributed by atoms with van der Waals surface area (Å²) in [7, 11) is -4.13. The van der Waals surface area contributed by atoms with Crippen molar-refractivity contribution in [2.75, 3.05) is 0 Å². The molecule has 0 bridgehead atoms. The van der Waals surface area contributed by atoms with Crippen LogP contribution in [0.2, 0.25) is 0 Å². The molecule has 0 radical (unpaired) electrons. The van der Waals surface area contributed by atoms with E-state index in [1.54, 1.807) is 6.07 Å². The van der Waals surface area contributed by atoms with E-state index in [-0.39, 0.29) is 25.6 Å². The van der Waals surface area contributed by atoms with E-state index in [9.17, 15) is 40.2 Å². The second-order valence-corrected chi connectivity index (χ2v) is 8.54. The van der Waals surface area contributed by atoms with Crippen molar-refractivity contribution in [2.24, 2.45) is 0 Å². The average Bonchev–Trinajstić information content (AvgIpc) is 2.59. The van der Waals surface area contributed by atoms with Gasteiger partial charge in [-0.3, -0.25) is 0 Å². The van der Waals surface area contributed by atoms with Crippen molar-refractivity contribution >= 4 is 42.7 Å². The minimum Gasteiger partial charge on any atom is -0.248 e. The summed E-state index contributed by atoms with van der Waals surface area (Å²) in [5.41, 5.74) is -0.523. The van der Waals surface area contributed by atoms with E-state index in [0.29, 0.717) is 0 Å². The second-order valence-electron chi connectivity index (χ2n) is 5.28. The smallest absolute Gasteiger partial charge is 0.248 e. The third kappa shape index (κ3) is 3.84. The molecular weight excluding hydrogens is 547 g/mol. The van der Waals surface area contributed by atoms with Gasteiger partial charge in [0.2, 0.25) is 0 Å². The highest BCUT2D eigenvalue weighted by molar-refractivity contribution is 9.11. The fourth-order valence-electron chi connectivity index (χ4n) is 2.18. The maximum absolute atomic E-state index is 14.1. The maximum Gasteiger partial charge on any atom is 0.461 e. The van der Waals surface area contributed by atoms with E-state index in [1.807, 2.05) is 0 Å². The van der Waals surface area contributed by atoms with Crippen LogP contribution in [-0.2, 0) is 10.8 Å². The van der Waals surface area contributed by atoms with Gasteiger partial charge in [0.05, 0.1) is 16.5 Å². The molecule has 0 N–H and O–H groups in total. The van der Waals surface area contributed by atoms with Crippen LogP contribution in [0.25, 0.3) is 11.1 Å². The predicted octanol–water partition coefficient (Wildman–Crippen LogP) is 6.65. The fourth-order valence-corrected chi connectivity index (χ4v) is 5.16. The predicted molar refractivity (Wildman–Crippen MR) is 94.4 cm³/mol. The lowest BCUT2D eigenvalue weighted by molar-refractivity contribution is -0.331. The number of hydrogen-bond donors (Lipinski definition) is 0. The molecule has 0 aliphatic heterocycles. The third-order valence-electron chi connectivity index (χ3n) is 3.49.